The van der Waals surface area contributed by atoms with E-state index in [1.54, 1.807) is 0 Å². The summed E-state index contributed by atoms with van der Waals surface area (Å²) in [7, 11) is 2.38. The number of esters is 1. The summed E-state index contributed by atoms with van der Waals surface area (Å²) >= 11 is 0. The van der Waals surface area contributed by atoms with Crippen LogP contribution >= 0.6 is 0 Å². The third kappa shape index (κ3) is 6.47. The lowest BCUT2D eigenvalue weighted by molar-refractivity contribution is -0.385. The Labute approximate surface area is 230 Å². The number of benzene rings is 2. The average molecular weight is 568 g/mol. The molecule has 0 bridgehead atoms. The minimum Gasteiger partial charge on any atom is -0.493 e. The van der Waals surface area contributed by atoms with Gasteiger partial charge in [0.1, 0.15) is 17.3 Å². The van der Waals surface area contributed by atoms with Gasteiger partial charge in [0, 0.05) is 11.8 Å². The van der Waals surface area contributed by atoms with Gasteiger partial charge in [-0.05, 0) is 48.0 Å². The zero-order chi connectivity index (χ0) is 29.7. The Morgan fingerprint density at radius 2 is 1.95 bits per heavy atom. The van der Waals surface area contributed by atoms with Crippen molar-refractivity contribution in [3.8, 4) is 11.5 Å². The van der Waals surface area contributed by atoms with Crippen molar-refractivity contribution in [3.63, 3.8) is 0 Å². The highest BCUT2D eigenvalue weighted by Crippen LogP contribution is 2.39. The minimum absolute atomic E-state index is 0.0987. The lowest BCUT2D eigenvalue weighted by Crippen LogP contribution is -2.30. The number of imide groups is 1. The summed E-state index contributed by atoms with van der Waals surface area (Å²) in [6.07, 6.45) is 1.19. The molecule has 2 heterocycles. The second kappa shape index (κ2) is 12.0. The Balaban J connectivity index is 1.52. The first-order chi connectivity index (χ1) is 19.6. The number of hydrogen-bond acceptors (Lipinski definition) is 10. The number of halogens is 1. The van der Waals surface area contributed by atoms with Gasteiger partial charge in [0.2, 0.25) is 11.5 Å². The molecule has 1 saturated heterocycles. The number of carbonyl (C=O) groups is 4. The summed E-state index contributed by atoms with van der Waals surface area (Å²) in [6.45, 7) is -0.963. The van der Waals surface area contributed by atoms with Crippen LogP contribution in [0.2, 0.25) is 0 Å². The van der Waals surface area contributed by atoms with Crippen LogP contribution in [0.5, 0.6) is 11.5 Å². The molecule has 4 rings (SSSR count). The number of rotatable bonds is 10. The maximum atomic E-state index is 13.4. The van der Waals surface area contributed by atoms with E-state index in [-0.39, 0.29) is 46.5 Å². The van der Waals surface area contributed by atoms with E-state index in [1.165, 1.54) is 56.7 Å². The number of methoxy groups -OCH3 is 2. The van der Waals surface area contributed by atoms with Crippen molar-refractivity contribution in [1.29, 1.82) is 0 Å². The van der Waals surface area contributed by atoms with E-state index in [0.717, 1.165) is 17.0 Å². The molecule has 1 aromatic heterocycles. The molecule has 3 aromatic rings. The summed E-state index contributed by atoms with van der Waals surface area (Å²) < 4.78 is 33.8. The Bertz CT molecular complexity index is 1580. The molecule has 1 aliphatic heterocycles. The lowest BCUT2D eigenvalue weighted by Gasteiger charge is -2.12. The summed E-state index contributed by atoms with van der Waals surface area (Å²) in [5.41, 5.74) is -0.527. The third-order valence-electron chi connectivity index (χ3n) is 5.57. The molecule has 2 aromatic carbocycles. The van der Waals surface area contributed by atoms with Gasteiger partial charge < -0.3 is 29.3 Å². The van der Waals surface area contributed by atoms with Crippen molar-refractivity contribution in [3.05, 3.63) is 87.2 Å². The van der Waals surface area contributed by atoms with Crippen molar-refractivity contribution in [2.45, 2.75) is 6.54 Å². The molecule has 41 heavy (non-hydrogen) atoms. The predicted molar refractivity (Wildman–Crippen MR) is 137 cm³/mol. The summed E-state index contributed by atoms with van der Waals surface area (Å²) in [4.78, 5) is 61.0. The summed E-state index contributed by atoms with van der Waals surface area (Å²) in [5.74, 6) is -3.26. The number of anilines is 1. The Hall–Kier alpha value is -5.73. The molecule has 1 fully saturated rings. The van der Waals surface area contributed by atoms with E-state index in [1.807, 2.05) is 0 Å². The molecule has 15 heteroatoms. The zero-order valence-electron chi connectivity index (χ0n) is 21.5. The number of nitrogens with zero attached hydrogens (tertiary/aromatic N) is 2. The van der Waals surface area contributed by atoms with Crippen LogP contribution < -0.4 is 20.1 Å². The first-order valence-electron chi connectivity index (χ1n) is 11.7. The van der Waals surface area contributed by atoms with E-state index in [0.29, 0.717) is 0 Å². The van der Waals surface area contributed by atoms with Crippen molar-refractivity contribution in [2.75, 3.05) is 26.1 Å². The summed E-state index contributed by atoms with van der Waals surface area (Å²) in [6, 6.07) is 9.43. The maximum Gasteiger partial charge on any atom is 0.373 e. The maximum absolute atomic E-state index is 13.4. The van der Waals surface area contributed by atoms with Crippen LogP contribution in [0.3, 0.4) is 0 Å². The zero-order valence-corrected chi connectivity index (χ0v) is 21.5. The van der Waals surface area contributed by atoms with Crippen molar-refractivity contribution in [1.82, 2.24) is 10.2 Å². The number of ether oxygens (including phenoxy) is 3. The highest BCUT2D eigenvalue weighted by atomic mass is 19.1. The number of furan rings is 1. The smallest absolute Gasteiger partial charge is 0.373 e. The number of nitro benzene ring substituents is 1. The highest BCUT2D eigenvalue weighted by Gasteiger charge is 2.35. The van der Waals surface area contributed by atoms with Crippen molar-refractivity contribution < 1.29 is 47.1 Å². The van der Waals surface area contributed by atoms with Crippen molar-refractivity contribution >= 4 is 41.3 Å². The molecule has 212 valence electrons. The van der Waals surface area contributed by atoms with Gasteiger partial charge in [0.15, 0.2) is 12.4 Å². The monoisotopic (exact) mass is 568 g/mol. The Morgan fingerprint density at radius 1 is 1.17 bits per heavy atom. The third-order valence-corrected chi connectivity index (χ3v) is 5.57. The number of carbonyl (C=O) groups excluding carboxylic acids is 4. The molecule has 0 radical (unpaired) electrons. The van der Waals surface area contributed by atoms with Gasteiger partial charge >= 0.3 is 17.7 Å². The normalized spacial score (nSPS) is 13.6. The molecule has 2 N–H and O–H groups in total. The SMILES string of the molecule is COC(=O)c1ccc(CN2C(=O)N/C(=C\c3cc(OC)c(OCC(=O)Nc4cccc(F)c4)c([N+](=O)[O-])c3)C2=O)o1. The van der Waals surface area contributed by atoms with Gasteiger partial charge in [-0.2, -0.15) is 0 Å². The standard InChI is InChI=1S/C26H21FN4O10/c1-38-21-10-14(8-18-24(33)30(26(35)29-18)12-17-6-7-20(41-17)25(34)39-2)9-19(31(36)37)23(21)40-13-22(32)28-16-5-3-4-15(27)11-16/h3-11H,12-13H2,1-2H3,(H,28,32)(H,29,35)/b18-8-. The fraction of sp³-hybridized carbons (Fsp3) is 0.154. The van der Waals surface area contributed by atoms with Gasteiger partial charge in [-0.25, -0.2) is 14.0 Å². The largest absolute Gasteiger partial charge is 0.493 e. The molecule has 0 spiro atoms. The Kier molecular flexibility index (Phi) is 8.26. The van der Waals surface area contributed by atoms with Crippen LogP contribution in [0, 0.1) is 15.9 Å². The second-order valence-corrected chi connectivity index (χ2v) is 8.31. The molecule has 14 nitrogen and oxygen atoms in total. The molecule has 0 atom stereocenters. The van der Waals surface area contributed by atoms with E-state index >= 15 is 0 Å². The molecule has 0 unspecified atom stereocenters. The molecule has 4 amide bonds. The van der Waals surface area contributed by atoms with Crippen LogP contribution in [0.1, 0.15) is 21.9 Å². The van der Waals surface area contributed by atoms with E-state index in [4.69, 9.17) is 13.9 Å². The quantitative estimate of drug-likeness (QED) is 0.121. The van der Waals surface area contributed by atoms with Crippen LogP contribution in [0.15, 0.2) is 58.6 Å². The second-order valence-electron chi connectivity index (χ2n) is 8.31. The van der Waals surface area contributed by atoms with E-state index in [2.05, 4.69) is 15.4 Å². The van der Waals surface area contributed by atoms with Gasteiger partial charge in [-0.1, -0.05) is 6.07 Å². The lowest BCUT2D eigenvalue weighted by atomic mass is 10.1. The number of amides is 4. The van der Waals surface area contributed by atoms with Crippen LogP contribution in [-0.2, 0) is 20.9 Å². The van der Waals surface area contributed by atoms with Crippen LogP contribution in [-0.4, -0.2) is 54.5 Å². The molecule has 0 aliphatic carbocycles. The fourth-order valence-corrected chi connectivity index (χ4v) is 3.74. The first-order valence-corrected chi connectivity index (χ1v) is 11.7. The molecule has 0 saturated carbocycles. The van der Waals surface area contributed by atoms with E-state index in [9.17, 15) is 33.7 Å². The van der Waals surface area contributed by atoms with Gasteiger partial charge in [0.05, 0.1) is 25.7 Å². The minimum atomic E-state index is -0.789. The predicted octanol–water partition coefficient (Wildman–Crippen LogP) is 3.23. The Morgan fingerprint density at radius 3 is 2.63 bits per heavy atom. The van der Waals surface area contributed by atoms with Crippen molar-refractivity contribution in [2.24, 2.45) is 0 Å². The number of hydrogen-bond donors (Lipinski definition) is 2. The van der Waals surface area contributed by atoms with Gasteiger partial charge in [0.25, 0.3) is 11.8 Å². The number of urea groups is 1. The topological polar surface area (TPSA) is 180 Å². The number of nitrogens with one attached hydrogen (secondary N) is 2. The van der Waals surface area contributed by atoms with Gasteiger partial charge in [-0.15, -0.1) is 0 Å². The summed E-state index contributed by atoms with van der Waals surface area (Å²) in [5, 5.41) is 16.6. The highest BCUT2D eigenvalue weighted by molar-refractivity contribution is 6.14. The van der Waals surface area contributed by atoms with E-state index < -0.39 is 46.8 Å². The van der Waals surface area contributed by atoms with Crippen LogP contribution in [0.25, 0.3) is 6.08 Å². The molecular formula is C26H21FN4O10. The average Bonchev–Trinajstić information content (AvgIpc) is 3.51. The van der Waals surface area contributed by atoms with Gasteiger partial charge in [-0.3, -0.25) is 24.6 Å². The number of nitro groups is 1. The van der Waals surface area contributed by atoms with Crippen LogP contribution in [0.4, 0.5) is 20.6 Å². The first kappa shape index (κ1) is 28.3. The fourth-order valence-electron chi connectivity index (χ4n) is 3.74. The molecule has 1 aliphatic rings. The molecular weight excluding hydrogens is 547 g/mol.